The van der Waals surface area contributed by atoms with Crippen molar-refractivity contribution in [3.05, 3.63) is 47.5 Å². The van der Waals surface area contributed by atoms with Gasteiger partial charge in [0.05, 0.1) is 10.2 Å². The zero-order valence-corrected chi connectivity index (χ0v) is 14.8. The first kappa shape index (κ1) is 15.8. The molecule has 1 aromatic heterocycles. The third kappa shape index (κ3) is 3.83. The number of amides is 2. The van der Waals surface area contributed by atoms with Crippen LogP contribution in [0.1, 0.15) is 11.1 Å². The van der Waals surface area contributed by atoms with Gasteiger partial charge in [-0.2, -0.15) is 0 Å². The molecule has 0 unspecified atom stereocenters. The Morgan fingerprint density at radius 1 is 1.09 bits per heavy atom. The second-order valence-electron chi connectivity index (χ2n) is 5.31. The lowest BCUT2D eigenvalue weighted by molar-refractivity contribution is 0.262. The molecular formula is C17H17N3OS2. The monoisotopic (exact) mass is 343 g/mol. The van der Waals surface area contributed by atoms with Gasteiger partial charge in [0, 0.05) is 10.6 Å². The van der Waals surface area contributed by atoms with Crippen LogP contribution < -0.4 is 10.6 Å². The zero-order chi connectivity index (χ0) is 16.4. The highest BCUT2D eigenvalue weighted by Crippen LogP contribution is 2.29. The van der Waals surface area contributed by atoms with E-state index >= 15 is 0 Å². The molecule has 0 bridgehead atoms. The minimum Gasteiger partial charge on any atom is -0.308 e. The molecule has 2 N–H and O–H groups in total. The number of anilines is 2. The quantitative estimate of drug-likeness (QED) is 0.636. The summed E-state index contributed by atoms with van der Waals surface area (Å²) >= 11 is 3.17. The molecular weight excluding hydrogens is 326 g/mol. The maximum absolute atomic E-state index is 12.1. The fourth-order valence-electron chi connectivity index (χ4n) is 2.39. The summed E-state index contributed by atoms with van der Waals surface area (Å²) in [6.45, 7) is 4.01. The van der Waals surface area contributed by atoms with Crippen LogP contribution in [0.2, 0.25) is 0 Å². The Bertz CT molecular complexity index is 853. The summed E-state index contributed by atoms with van der Waals surface area (Å²) in [6.07, 6.45) is 2.04. The molecule has 2 amide bonds. The number of thioether (sulfide) groups is 1. The second kappa shape index (κ2) is 6.60. The van der Waals surface area contributed by atoms with Gasteiger partial charge in [0.1, 0.15) is 0 Å². The van der Waals surface area contributed by atoms with Crippen LogP contribution in [-0.2, 0) is 0 Å². The number of carbonyl (C=O) groups is 1. The topological polar surface area (TPSA) is 54.0 Å². The molecule has 0 saturated carbocycles. The molecule has 0 aliphatic heterocycles. The Hall–Kier alpha value is -2.05. The average molecular weight is 343 g/mol. The van der Waals surface area contributed by atoms with E-state index in [0.29, 0.717) is 5.13 Å². The Labute approximate surface area is 143 Å². The molecule has 3 rings (SSSR count). The van der Waals surface area contributed by atoms with Crippen LogP contribution in [-0.4, -0.2) is 17.3 Å². The Balaban J connectivity index is 1.74. The molecule has 0 aliphatic carbocycles. The number of thiazole rings is 1. The summed E-state index contributed by atoms with van der Waals surface area (Å²) in [5.74, 6) is 0. The summed E-state index contributed by atoms with van der Waals surface area (Å²) < 4.78 is 1.07. The van der Waals surface area contributed by atoms with E-state index in [2.05, 4.69) is 27.8 Å². The molecule has 0 radical (unpaired) electrons. The van der Waals surface area contributed by atoms with Gasteiger partial charge >= 0.3 is 6.03 Å². The van der Waals surface area contributed by atoms with Gasteiger partial charge in [0.2, 0.25) is 0 Å². The smallest absolute Gasteiger partial charge is 0.308 e. The van der Waals surface area contributed by atoms with Gasteiger partial charge in [0.15, 0.2) is 5.13 Å². The molecule has 0 fully saturated rings. The van der Waals surface area contributed by atoms with Crippen molar-refractivity contribution >= 4 is 50.2 Å². The number of fused-ring (bicyclic) bond motifs is 1. The van der Waals surface area contributed by atoms with Gasteiger partial charge < -0.3 is 5.32 Å². The van der Waals surface area contributed by atoms with E-state index in [-0.39, 0.29) is 6.03 Å². The number of nitrogens with zero attached hydrogens (tertiary/aromatic N) is 1. The van der Waals surface area contributed by atoms with Crippen LogP contribution in [0.4, 0.5) is 15.6 Å². The predicted molar refractivity (Wildman–Crippen MR) is 100.0 cm³/mol. The summed E-state index contributed by atoms with van der Waals surface area (Å²) in [5.41, 5.74) is 3.91. The number of aromatic nitrogens is 1. The first-order valence-corrected chi connectivity index (χ1v) is 9.18. The minimum absolute atomic E-state index is 0.279. The van der Waals surface area contributed by atoms with E-state index in [1.54, 1.807) is 11.8 Å². The average Bonchev–Trinajstić information content (AvgIpc) is 2.86. The van der Waals surface area contributed by atoms with E-state index in [1.165, 1.54) is 16.2 Å². The lowest BCUT2D eigenvalue weighted by atomic mass is 10.1. The third-order valence-electron chi connectivity index (χ3n) is 3.30. The molecule has 118 valence electrons. The largest absolute Gasteiger partial charge is 0.325 e. The lowest BCUT2D eigenvalue weighted by Crippen LogP contribution is -2.19. The van der Waals surface area contributed by atoms with Crippen LogP contribution in [0.5, 0.6) is 0 Å². The van der Waals surface area contributed by atoms with Gasteiger partial charge in [-0.05, 0) is 61.6 Å². The highest BCUT2D eigenvalue weighted by Gasteiger charge is 2.09. The highest BCUT2D eigenvalue weighted by atomic mass is 32.2. The Morgan fingerprint density at radius 2 is 1.83 bits per heavy atom. The Morgan fingerprint density at radius 3 is 2.52 bits per heavy atom. The van der Waals surface area contributed by atoms with E-state index < -0.39 is 0 Å². The predicted octanol–water partition coefficient (Wildman–Crippen LogP) is 5.28. The normalized spacial score (nSPS) is 10.7. The van der Waals surface area contributed by atoms with Crippen molar-refractivity contribution in [3.8, 4) is 0 Å². The van der Waals surface area contributed by atoms with E-state index in [0.717, 1.165) is 27.0 Å². The maximum atomic E-state index is 12.1. The minimum atomic E-state index is -0.279. The van der Waals surface area contributed by atoms with Crippen molar-refractivity contribution in [1.29, 1.82) is 0 Å². The van der Waals surface area contributed by atoms with Crippen LogP contribution in [0.15, 0.2) is 41.3 Å². The zero-order valence-electron chi connectivity index (χ0n) is 13.1. The van der Waals surface area contributed by atoms with Gasteiger partial charge in [-0.25, -0.2) is 9.78 Å². The number of aryl methyl sites for hydroxylation is 2. The molecule has 23 heavy (non-hydrogen) atoms. The lowest BCUT2D eigenvalue weighted by Gasteiger charge is -2.07. The van der Waals surface area contributed by atoms with Crippen LogP contribution >= 0.6 is 23.1 Å². The van der Waals surface area contributed by atoms with Gasteiger partial charge in [-0.15, -0.1) is 11.8 Å². The standard InChI is InChI=1S/C17H17N3OS2/c1-10-6-11(2)8-12(7-10)18-16(21)20-17-19-14-5-4-13(22-3)9-15(14)23-17/h4-9H,1-3H3,(H2,18,19,20,21). The number of hydrogen-bond acceptors (Lipinski definition) is 4. The van der Waals surface area contributed by atoms with Crippen LogP contribution in [0, 0.1) is 13.8 Å². The van der Waals surface area contributed by atoms with E-state index in [9.17, 15) is 4.79 Å². The van der Waals surface area contributed by atoms with Crippen molar-refractivity contribution < 1.29 is 4.79 Å². The molecule has 0 atom stereocenters. The van der Waals surface area contributed by atoms with Gasteiger partial charge in [0.25, 0.3) is 0 Å². The Kier molecular flexibility index (Phi) is 4.54. The summed E-state index contributed by atoms with van der Waals surface area (Å²) in [7, 11) is 0. The molecule has 0 saturated heterocycles. The molecule has 4 nitrogen and oxygen atoms in total. The first-order chi connectivity index (χ1) is 11.0. The van der Waals surface area contributed by atoms with E-state index in [1.807, 2.05) is 44.4 Å². The van der Waals surface area contributed by atoms with Crippen molar-refractivity contribution in [2.45, 2.75) is 18.7 Å². The number of urea groups is 1. The number of hydrogen-bond donors (Lipinski definition) is 2. The van der Waals surface area contributed by atoms with E-state index in [4.69, 9.17) is 0 Å². The van der Waals surface area contributed by atoms with Crippen molar-refractivity contribution in [2.24, 2.45) is 0 Å². The summed E-state index contributed by atoms with van der Waals surface area (Å²) in [4.78, 5) is 17.8. The molecule has 1 heterocycles. The summed E-state index contributed by atoms with van der Waals surface area (Å²) in [6, 6.07) is 11.8. The number of carbonyl (C=O) groups excluding carboxylic acids is 1. The molecule has 3 aromatic rings. The van der Waals surface area contributed by atoms with Crippen molar-refractivity contribution in [3.63, 3.8) is 0 Å². The number of benzene rings is 2. The fourth-order valence-corrected chi connectivity index (χ4v) is 3.81. The molecule has 6 heteroatoms. The maximum Gasteiger partial charge on any atom is 0.325 e. The van der Waals surface area contributed by atoms with Gasteiger partial charge in [-0.1, -0.05) is 17.4 Å². The molecule has 0 aliphatic rings. The van der Waals surface area contributed by atoms with Crippen LogP contribution in [0.3, 0.4) is 0 Å². The van der Waals surface area contributed by atoms with Crippen molar-refractivity contribution in [2.75, 3.05) is 16.9 Å². The third-order valence-corrected chi connectivity index (χ3v) is 4.95. The summed E-state index contributed by atoms with van der Waals surface area (Å²) in [5, 5.41) is 6.26. The van der Waals surface area contributed by atoms with Gasteiger partial charge in [-0.3, -0.25) is 5.32 Å². The van der Waals surface area contributed by atoms with Crippen LogP contribution in [0.25, 0.3) is 10.2 Å². The first-order valence-electron chi connectivity index (χ1n) is 7.14. The molecule has 0 spiro atoms. The SMILES string of the molecule is CSc1ccc2nc(NC(=O)Nc3cc(C)cc(C)c3)sc2c1. The highest BCUT2D eigenvalue weighted by molar-refractivity contribution is 7.98. The molecule has 2 aromatic carbocycles. The fraction of sp³-hybridized carbons (Fsp3) is 0.176. The van der Waals surface area contributed by atoms with Crippen molar-refractivity contribution in [1.82, 2.24) is 4.98 Å². The second-order valence-corrected chi connectivity index (χ2v) is 7.22. The number of rotatable bonds is 3. The number of nitrogens with one attached hydrogen (secondary N) is 2.